The average Bonchev–Trinajstić information content (AvgIpc) is 2.85. The summed E-state index contributed by atoms with van der Waals surface area (Å²) >= 11 is 0. The molecule has 0 saturated carbocycles. The minimum absolute atomic E-state index is 0.148. The zero-order valence-electron chi connectivity index (χ0n) is 16.0. The van der Waals surface area contributed by atoms with E-state index in [1.54, 1.807) is 33.0 Å². The zero-order chi connectivity index (χ0) is 21.2. The lowest BCUT2D eigenvalue weighted by atomic mass is 9.97. The van der Waals surface area contributed by atoms with Gasteiger partial charge >= 0.3 is 12.1 Å². The first kappa shape index (κ1) is 21.5. The summed E-state index contributed by atoms with van der Waals surface area (Å²) in [5, 5.41) is 12.9. The van der Waals surface area contributed by atoms with Gasteiger partial charge in [-0.3, -0.25) is 9.48 Å². The zero-order valence-corrected chi connectivity index (χ0v) is 16.0. The number of carboxylic acid groups (broad SMARTS) is 1. The van der Waals surface area contributed by atoms with Crippen molar-refractivity contribution in [2.24, 2.45) is 0 Å². The Hall–Kier alpha value is -2.84. The van der Waals surface area contributed by atoms with Crippen molar-refractivity contribution >= 4 is 11.9 Å². The van der Waals surface area contributed by atoms with E-state index in [4.69, 9.17) is 5.11 Å². The molecule has 0 aliphatic heterocycles. The smallest absolute Gasteiger partial charge is 0.408 e. The highest BCUT2D eigenvalue weighted by Crippen LogP contribution is 2.27. The fourth-order valence-corrected chi connectivity index (χ4v) is 3.22. The molecule has 0 aliphatic carbocycles. The fourth-order valence-electron chi connectivity index (χ4n) is 3.22. The van der Waals surface area contributed by atoms with Crippen molar-refractivity contribution in [3.63, 3.8) is 0 Å². The third-order valence-corrected chi connectivity index (χ3v) is 4.57. The average molecular weight is 397 g/mol. The molecule has 0 aliphatic rings. The molecule has 9 heteroatoms. The van der Waals surface area contributed by atoms with Gasteiger partial charge in [0.2, 0.25) is 5.91 Å². The summed E-state index contributed by atoms with van der Waals surface area (Å²) in [6.45, 7) is 3.80. The lowest BCUT2D eigenvalue weighted by Gasteiger charge is -2.22. The Kier molecular flexibility index (Phi) is 6.16. The second-order valence-corrected chi connectivity index (χ2v) is 6.78. The van der Waals surface area contributed by atoms with Crippen LogP contribution in [0.4, 0.5) is 13.2 Å². The Morgan fingerprint density at radius 1 is 1.21 bits per heavy atom. The van der Waals surface area contributed by atoms with Gasteiger partial charge in [-0.15, -0.1) is 0 Å². The SMILES string of the molecule is Cc1nn(CC(F)(F)F)c(C)c1C(C)C(=O)N(C)Cc1ccc(C(=O)O)cc1. The van der Waals surface area contributed by atoms with Crippen LogP contribution in [0.1, 0.15) is 45.7 Å². The predicted molar refractivity (Wildman–Crippen MR) is 96.0 cm³/mol. The van der Waals surface area contributed by atoms with Crippen molar-refractivity contribution in [2.75, 3.05) is 7.05 Å². The van der Waals surface area contributed by atoms with Crippen LogP contribution in [-0.2, 0) is 17.9 Å². The van der Waals surface area contributed by atoms with Gasteiger partial charge < -0.3 is 10.0 Å². The number of hydrogen-bond acceptors (Lipinski definition) is 3. The lowest BCUT2D eigenvalue weighted by Crippen LogP contribution is -2.30. The molecular formula is C19H22F3N3O3. The third kappa shape index (κ3) is 4.90. The first-order valence-corrected chi connectivity index (χ1v) is 8.58. The molecular weight excluding hydrogens is 375 g/mol. The Labute approximate surface area is 160 Å². The maximum Gasteiger partial charge on any atom is 0.408 e. The van der Waals surface area contributed by atoms with E-state index in [0.29, 0.717) is 17.0 Å². The molecule has 2 rings (SSSR count). The molecule has 1 amide bonds. The summed E-state index contributed by atoms with van der Waals surface area (Å²) in [6, 6.07) is 6.15. The number of likely N-dealkylation sites (N-methyl/N-ethyl adjacent to an activating group) is 1. The molecule has 0 radical (unpaired) electrons. The summed E-state index contributed by atoms with van der Waals surface area (Å²) in [7, 11) is 1.59. The van der Waals surface area contributed by atoms with Crippen LogP contribution in [0.25, 0.3) is 0 Å². The molecule has 1 heterocycles. The van der Waals surface area contributed by atoms with Crippen LogP contribution in [-0.4, -0.2) is 44.9 Å². The molecule has 1 atom stereocenters. The molecule has 0 spiro atoms. The lowest BCUT2D eigenvalue weighted by molar-refractivity contribution is -0.143. The number of hydrogen-bond donors (Lipinski definition) is 1. The largest absolute Gasteiger partial charge is 0.478 e. The predicted octanol–water partition coefficient (Wildman–Crippen LogP) is 3.52. The number of rotatable bonds is 6. The van der Waals surface area contributed by atoms with Crippen molar-refractivity contribution in [1.82, 2.24) is 14.7 Å². The minimum Gasteiger partial charge on any atom is -0.478 e. The topological polar surface area (TPSA) is 75.4 Å². The highest BCUT2D eigenvalue weighted by Gasteiger charge is 2.32. The van der Waals surface area contributed by atoms with Gasteiger partial charge in [0.05, 0.1) is 17.2 Å². The van der Waals surface area contributed by atoms with E-state index in [0.717, 1.165) is 10.2 Å². The highest BCUT2D eigenvalue weighted by molar-refractivity contribution is 5.87. The van der Waals surface area contributed by atoms with E-state index >= 15 is 0 Å². The number of amides is 1. The van der Waals surface area contributed by atoms with Gasteiger partial charge in [0, 0.05) is 24.8 Å². The second-order valence-electron chi connectivity index (χ2n) is 6.78. The van der Waals surface area contributed by atoms with Crippen molar-refractivity contribution < 1.29 is 27.9 Å². The summed E-state index contributed by atoms with van der Waals surface area (Å²) in [4.78, 5) is 25.2. The van der Waals surface area contributed by atoms with E-state index < -0.39 is 24.6 Å². The van der Waals surface area contributed by atoms with Crippen molar-refractivity contribution in [3.05, 3.63) is 52.3 Å². The standard InChI is InChI=1S/C19H22F3N3O3/c1-11(16-12(2)23-25(13(16)3)10-19(20,21)22)17(26)24(4)9-14-5-7-15(8-6-14)18(27)28/h5-8,11H,9-10H2,1-4H3,(H,27,28). The van der Waals surface area contributed by atoms with Crippen LogP contribution in [0, 0.1) is 13.8 Å². The first-order chi connectivity index (χ1) is 12.9. The van der Waals surface area contributed by atoms with Gasteiger partial charge in [-0.05, 0) is 38.5 Å². The number of carboxylic acids is 1. The number of carbonyl (C=O) groups excluding carboxylic acids is 1. The summed E-state index contributed by atoms with van der Waals surface area (Å²) < 4.78 is 39.0. The van der Waals surface area contributed by atoms with E-state index in [2.05, 4.69) is 5.10 Å². The van der Waals surface area contributed by atoms with E-state index in [-0.39, 0.29) is 18.0 Å². The monoisotopic (exact) mass is 397 g/mol. The maximum absolute atomic E-state index is 12.8. The van der Waals surface area contributed by atoms with Crippen molar-refractivity contribution in [1.29, 1.82) is 0 Å². The van der Waals surface area contributed by atoms with Gasteiger partial charge in [-0.25, -0.2) is 4.79 Å². The minimum atomic E-state index is -4.40. The number of nitrogens with zero attached hydrogens (tertiary/aromatic N) is 3. The van der Waals surface area contributed by atoms with Crippen LogP contribution < -0.4 is 0 Å². The van der Waals surface area contributed by atoms with Crippen molar-refractivity contribution in [2.45, 2.75) is 46.0 Å². The Balaban J connectivity index is 2.16. The van der Waals surface area contributed by atoms with Gasteiger partial charge in [0.1, 0.15) is 6.54 Å². The summed E-state index contributed by atoms with van der Waals surface area (Å²) in [5.74, 6) is -1.96. The van der Waals surface area contributed by atoms with E-state index in [1.807, 2.05) is 0 Å². The number of aromatic nitrogens is 2. The van der Waals surface area contributed by atoms with Gasteiger partial charge in [0.25, 0.3) is 0 Å². The first-order valence-electron chi connectivity index (χ1n) is 8.58. The maximum atomic E-state index is 12.8. The molecule has 1 unspecified atom stereocenters. The molecule has 1 N–H and O–H groups in total. The van der Waals surface area contributed by atoms with Gasteiger partial charge in [-0.1, -0.05) is 12.1 Å². The molecule has 1 aromatic carbocycles. The third-order valence-electron chi connectivity index (χ3n) is 4.57. The number of carbonyl (C=O) groups is 2. The highest BCUT2D eigenvalue weighted by atomic mass is 19.4. The molecule has 28 heavy (non-hydrogen) atoms. The molecule has 1 aromatic heterocycles. The van der Waals surface area contributed by atoms with Crippen LogP contribution in [0.15, 0.2) is 24.3 Å². The number of aryl methyl sites for hydroxylation is 1. The number of benzene rings is 1. The van der Waals surface area contributed by atoms with Gasteiger partial charge in [0.15, 0.2) is 0 Å². The number of alkyl halides is 3. The van der Waals surface area contributed by atoms with E-state index in [1.165, 1.54) is 24.0 Å². The molecule has 6 nitrogen and oxygen atoms in total. The summed E-state index contributed by atoms with van der Waals surface area (Å²) in [6.07, 6.45) is -4.40. The number of aromatic carboxylic acids is 1. The normalized spacial score (nSPS) is 12.7. The van der Waals surface area contributed by atoms with Gasteiger partial charge in [-0.2, -0.15) is 18.3 Å². The van der Waals surface area contributed by atoms with Crippen LogP contribution in [0.3, 0.4) is 0 Å². The summed E-state index contributed by atoms with van der Waals surface area (Å²) in [5.41, 5.74) is 2.09. The second kappa shape index (κ2) is 8.04. The molecule has 0 saturated heterocycles. The number of halogens is 3. The van der Waals surface area contributed by atoms with Crippen LogP contribution in [0.2, 0.25) is 0 Å². The molecule has 0 fully saturated rings. The Bertz CT molecular complexity index is 873. The molecule has 2 aromatic rings. The molecule has 152 valence electrons. The fraction of sp³-hybridized carbons (Fsp3) is 0.421. The van der Waals surface area contributed by atoms with Crippen LogP contribution >= 0.6 is 0 Å². The van der Waals surface area contributed by atoms with Crippen molar-refractivity contribution in [3.8, 4) is 0 Å². The Morgan fingerprint density at radius 2 is 1.79 bits per heavy atom. The molecule has 0 bridgehead atoms. The van der Waals surface area contributed by atoms with E-state index in [9.17, 15) is 22.8 Å². The quantitative estimate of drug-likeness (QED) is 0.809. The Morgan fingerprint density at radius 3 is 2.29 bits per heavy atom. The van der Waals surface area contributed by atoms with Crippen LogP contribution in [0.5, 0.6) is 0 Å².